The highest BCUT2D eigenvalue weighted by Crippen LogP contribution is 2.46. The maximum Gasteiger partial charge on any atom is 0.449 e. The molecule has 6 rings (SSSR count). The predicted octanol–water partition coefficient (Wildman–Crippen LogP) is 10.1. The number of halogens is 10. The standard InChI is InChI=1S/C45H41F10N3O7/c1-22(2)63-41(62)28-19-58(39(60)25-9-11-31(47)33(49)15-25)21-43(6,29-17-34(44(50,51)52)56(7)36(28)29)13-12-23(3)64-40(61)27-18-57(38(59)24-8-10-30(46)32(48)14-24)20-42(4,5)37-26(27)16-35(65-37)45(53,54)55/h8-11,14-19,22-23H,12-13,20-21H2,1-7H3. The van der Waals surface area contributed by atoms with Gasteiger partial charge in [0.1, 0.15) is 11.5 Å². The zero-order valence-electron chi connectivity index (χ0n) is 35.7. The molecule has 4 heterocycles. The molecule has 2 aliphatic heterocycles. The van der Waals surface area contributed by atoms with E-state index in [1.165, 1.54) is 41.5 Å². The molecule has 0 radical (unpaired) electrons. The molecule has 4 aromatic rings. The van der Waals surface area contributed by atoms with E-state index in [2.05, 4.69) is 0 Å². The van der Waals surface area contributed by atoms with Gasteiger partial charge in [-0.1, -0.05) is 20.8 Å². The van der Waals surface area contributed by atoms with Gasteiger partial charge in [-0.05, 0) is 87.7 Å². The van der Waals surface area contributed by atoms with Gasteiger partial charge in [-0.2, -0.15) is 26.3 Å². The molecule has 20 heteroatoms. The number of ether oxygens (including phenoxy) is 2. The zero-order chi connectivity index (χ0) is 48.3. The number of fused-ring (bicyclic) bond motifs is 2. The van der Waals surface area contributed by atoms with Crippen LogP contribution in [-0.4, -0.2) is 63.4 Å². The van der Waals surface area contributed by atoms with Crippen molar-refractivity contribution in [2.24, 2.45) is 7.05 Å². The minimum atomic E-state index is -5.03. The second kappa shape index (κ2) is 17.2. The summed E-state index contributed by atoms with van der Waals surface area (Å²) in [5.41, 5.74) is -6.82. The van der Waals surface area contributed by atoms with Crippen LogP contribution in [0.25, 0.3) is 11.1 Å². The Balaban J connectivity index is 1.39. The maximum atomic E-state index is 14.5. The van der Waals surface area contributed by atoms with Gasteiger partial charge in [0.15, 0.2) is 23.3 Å². The third-order valence-corrected chi connectivity index (χ3v) is 11.0. The first-order valence-electron chi connectivity index (χ1n) is 19.9. The Labute approximate surface area is 365 Å². The molecule has 2 aliphatic rings. The van der Waals surface area contributed by atoms with E-state index in [1.807, 2.05) is 0 Å². The van der Waals surface area contributed by atoms with Gasteiger partial charge in [-0.3, -0.25) is 9.59 Å². The molecule has 2 aromatic heterocycles. The van der Waals surface area contributed by atoms with Crippen molar-refractivity contribution >= 4 is 34.9 Å². The summed E-state index contributed by atoms with van der Waals surface area (Å²) in [5.74, 6) is -11.5. The van der Waals surface area contributed by atoms with Gasteiger partial charge < -0.3 is 28.3 Å². The topological polar surface area (TPSA) is 111 Å². The van der Waals surface area contributed by atoms with Gasteiger partial charge in [0, 0.05) is 60.1 Å². The molecule has 348 valence electrons. The number of hydrogen-bond acceptors (Lipinski definition) is 7. The Morgan fingerprint density at radius 3 is 1.74 bits per heavy atom. The third-order valence-electron chi connectivity index (χ3n) is 11.0. The molecule has 0 fully saturated rings. The van der Waals surface area contributed by atoms with Crippen molar-refractivity contribution in [3.8, 4) is 0 Å². The molecular weight excluding hydrogens is 884 g/mol. The van der Waals surface area contributed by atoms with Crippen LogP contribution >= 0.6 is 0 Å². The van der Waals surface area contributed by atoms with Crippen LogP contribution in [0, 0.1) is 23.3 Å². The van der Waals surface area contributed by atoms with Crippen molar-refractivity contribution in [2.45, 2.75) is 89.8 Å². The summed E-state index contributed by atoms with van der Waals surface area (Å²) in [5, 5.41) is 0. The average molecular weight is 926 g/mol. The number of nitrogens with zero attached hydrogens (tertiary/aromatic N) is 3. The summed E-state index contributed by atoms with van der Waals surface area (Å²) in [6, 6.07) is 5.87. The van der Waals surface area contributed by atoms with Crippen LogP contribution in [0.1, 0.15) is 109 Å². The fraction of sp³-hybridized carbons (Fsp3) is 0.378. The van der Waals surface area contributed by atoms with Crippen molar-refractivity contribution in [3.63, 3.8) is 0 Å². The molecule has 0 saturated heterocycles. The van der Waals surface area contributed by atoms with Gasteiger partial charge in [0.05, 0.1) is 29.0 Å². The first kappa shape index (κ1) is 48.1. The molecule has 2 atom stereocenters. The van der Waals surface area contributed by atoms with Crippen molar-refractivity contribution in [2.75, 3.05) is 13.1 Å². The number of hydrogen-bond donors (Lipinski definition) is 0. The number of aromatic nitrogens is 1. The van der Waals surface area contributed by atoms with Crippen molar-refractivity contribution in [3.05, 3.63) is 129 Å². The van der Waals surface area contributed by atoms with E-state index < -0.39 is 124 Å². The lowest BCUT2D eigenvalue weighted by Gasteiger charge is -2.34. The lowest BCUT2D eigenvalue weighted by molar-refractivity contribution is -0.153. The number of alkyl halides is 6. The molecule has 2 amide bonds. The summed E-state index contributed by atoms with van der Waals surface area (Å²) in [4.78, 5) is 57.3. The number of furan rings is 1. The van der Waals surface area contributed by atoms with E-state index in [9.17, 15) is 63.1 Å². The number of carbonyl (C=O) groups is 4. The highest BCUT2D eigenvalue weighted by molar-refractivity contribution is 6.18. The third kappa shape index (κ3) is 9.71. The summed E-state index contributed by atoms with van der Waals surface area (Å²) in [6.07, 6.45) is -10.6. The summed E-state index contributed by atoms with van der Waals surface area (Å²) in [7, 11) is 1.05. The second-order valence-corrected chi connectivity index (χ2v) is 17.1. The predicted molar refractivity (Wildman–Crippen MR) is 211 cm³/mol. The molecule has 0 aliphatic carbocycles. The Morgan fingerprint density at radius 2 is 1.23 bits per heavy atom. The lowest BCUT2D eigenvalue weighted by atomic mass is 9.77. The Bertz CT molecular complexity index is 2640. The van der Waals surface area contributed by atoms with Crippen LogP contribution in [0.15, 0.2) is 65.3 Å². The highest BCUT2D eigenvalue weighted by Gasteiger charge is 2.46. The van der Waals surface area contributed by atoms with E-state index in [0.717, 1.165) is 47.4 Å². The van der Waals surface area contributed by atoms with E-state index >= 15 is 0 Å². The Morgan fingerprint density at radius 1 is 0.708 bits per heavy atom. The minimum Gasteiger partial charge on any atom is -0.459 e. The average Bonchev–Trinajstić information content (AvgIpc) is 3.76. The van der Waals surface area contributed by atoms with Gasteiger partial charge in [-0.25, -0.2) is 27.2 Å². The SMILES string of the molecule is CC(C)OC(=O)C1=CN(C(=O)c2ccc(F)c(F)c2)CC(C)(CCC(C)OC(=O)C2=CN(C(=O)c3ccc(F)c(F)c3)CC(C)(C)c3oc(C(F)(F)F)cc32)c2cc(C(F)(F)F)n(C)c21. The van der Waals surface area contributed by atoms with E-state index in [0.29, 0.717) is 34.9 Å². The maximum absolute atomic E-state index is 14.5. The van der Waals surface area contributed by atoms with Crippen molar-refractivity contribution in [1.82, 2.24) is 14.4 Å². The van der Waals surface area contributed by atoms with E-state index in [1.54, 1.807) is 0 Å². The van der Waals surface area contributed by atoms with Crippen LogP contribution in [0.2, 0.25) is 0 Å². The number of amides is 2. The fourth-order valence-electron chi connectivity index (χ4n) is 7.87. The zero-order valence-corrected chi connectivity index (χ0v) is 35.7. The number of rotatable bonds is 9. The second-order valence-electron chi connectivity index (χ2n) is 17.1. The Hall–Kier alpha value is -6.34. The number of benzene rings is 2. The summed E-state index contributed by atoms with van der Waals surface area (Å²) >= 11 is 0. The summed E-state index contributed by atoms with van der Waals surface area (Å²) < 4.78 is 159. The van der Waals surface area contributed by atoms with Gasteiger partial charge in [0.2, 0.25) is 5.76 Å². The molecule has 0 saturated carbocycles. The van der Waals surface area contributed by atoms with Crippen LogP contribution in [0.4, 0.5) is 43.9 Å². The molecule has 0 bridgehead atoms. The number of esters is 2. The van der Waals surface area contributed by atoms with Gasteiger partial charge >= 0.3 is 24.3 Å². The fourth-order valence-corrected chi connectivity index (χ4v) is 7.87. The van der Waals surface area contributed by atoms with Crippen LogP contribution in [0.5, 0.6) is 0 Å². The first-order chi connectivity index (χ1) is 30.0. The molecule has 2 unspecified atom stereocenters. The normalized spacial score (nSPS) is 17.9. The molecule has 0 spiro atoms. The molecular formula is C45H41F10N3O7. The van der Waals surface area contributed by atoms with E-state index in [-0.39, 0.29) is 41.0 Å². The van der Waals surface area contributed by atoms with Gasteiger partial charge in [0.25, 0.3) is 11.8 Å². The van der Waals surface area contributed by atoms with Crippen molar-refractivity contribution in [1.29, 1.82) is 0 Å². The van der Waals surface area contributed by atoms with Gasteiger partial charge in [-0.15, -0.1) is 0 Å². The smallest absolute Gasteiger partial charge is 0.449 e. The molecule has 0 N–H and O–H groups in total. The number of carbonyl (C=O) groups excluding carboxylic acids is 4. The lowest BCUT2D eigenvalue weighted by Crippen LogP contribution is -2.39. The van der Waals surface area contributed by atoms with Crippen molar-refractivity contribution < 1.29 is 77.0 Å². The monoisotopic (exact) mass is 925 g/mol. The molecule has 10 nitrogen and oxygen atoms in total. The van der Waals surface area contributed by atoms with Crippen LogP contribution < -0.4 is 0 Å². The molecule has 65 heavy (non-hydrogen) atoms. The molecule has 2 aromatic carbocycles. The summed E-state index contributed by atoms with van der Waals surface area (Å²) in [6.45, 7) is 7.72. The highest BCUT2D eigenvalue weighted by atomic mass is 19.4. The van der Waals surface area contributed by atoms with Crippen LogP contribution in [-0.2, 0) is 49.3 Å². The van der Waals surface area contributed by atoms with Crippen LogP contribution in [0.3, 0.4) is 0 Å². The largest absolute Gasteiger partial charge is 0.459 e. The first-order valence-corrected chi connectivity index (χ1v) is 19.9. The Kier molecular flexibility index (Phi) is 12.8. The minimum absolute atomic E-state index is 0.0961. The van der Waals surface area contributed by atoms with E-state index in [4.69, 9.17) is 13.9 Å². The quantitative estimate of drug-likeness (QED) is 0.121.